The van der Waals surface area contributed by atoms with Crippen molar-refractivity contribution in [2.24, 2.45) is 0 Å². The molecule has 74 valence electrons. The van der Waals surface area contributed by atoms with E-state index in [1.54, 1.807) is 0 Å². The van der Waals surface area contributed by atoms with E-state index in [2.05, 4.69) is 0 Å². The van der Waals surface area contributed by atoms with Crippen molar-refractivity contribution in [1.82, 2.24) is 0 Å². The van der Waals surface area contributed by atoms with Crippen LogP contribution in [0.15, 0.2) is 0 Å². The third kappa shape index (κ3) is 5.15. The standard InChI is InChI=1S/C4H8Cl6Si2/c1-2-3-4(11(5,6)7)12(8,9)10/h4H,2-3H2,1H3. The molecule has 0 saturated heterocycles. The molecule has 0 nitrogen and oxygen atoms in total. The van der Waals surface area contributed by atoms with E-state index in [1.165, 1.54) is 0 Å². The molecule has 0 aliphatic heterocycles. The predicted octanol–water partition coefficient (Wildman–Crippen LogP) is 5.01. The Bertz CT molecular complexity index is 123. The molecule has 0 spiro atoms. The topological polar surface area (TPSA) is 0 Å². The Kier molecular flexibility index (Phi) is 6.27. The summed E-state index contributed by atoms with van der Waals surface area (Å²) in [7, 11) is 0. The van der Waals surface area contributed by atoms with Crippen molar-refractivity contribution in [1.29, 1.82) is 0 Å². The van der Waals surface area contributed by atoms with Gasteiger partial charge in [-0.25, -0.2) is 0 Å². The highest BCUT2D eigenvalue weighted by Gasteiger charge is 2.50. The van der Waals surface area contributed by atoms with E-state index in [0.29, 0.717) is 6.42 Å². The fourth-order valence-electron chi connectivity index (χ4n) is 0.802. The summed E-state index contributed by atoms with van der Waals surface area (Å²) in [5.41, 5.74) is 0. The summed E-state index contributed by atoms with van der Waals surface area (Å²) >= 11 is 34.9. The van der Waals surface area contributed by atoms with E-state index in [-0.39, 0.29) is 5.16 Å². The van der Waals surface area contributed by atoms with Gasteiger partial charge in [0.05, 0.1) is 0 Å². The molecule has 0 aliphatic rings. The Morgan fingerprint density at radius 1 is 0.917 bits per heavy atom. The van der Waals surface area contributed by atoms with Crippen LogP contribution >= 0.6 is 66.5 Å². The molecular weight excluding hydrogens is 317 g/mol. The highest BCUT2D eigenvalue weighted by molar-refractivity contribution is 7.75. The quantitative estimate of drug-likeness (QED) is 0.504. The van der Waals surface area contributed by atoms with E-state index in [1.807, 2.05) is 6.92 Å². The molecule has 0 fully saturated rings. The summed E-state index contributed by atoms with van der Waals surface area (Å²) in [5.74, 6) is 0. The first-order valence-corrected chi connectivity index (χ1v) is 13.6. The van der Waals surface area contributed by atoms with Crippen molar-refractivity contribution in [3.05, 3.63) is 0 Å². The molecule has 0 bridgehead atoms. The van der Waals surface area contributed by atoms with Gasteiger partial charge < -0.3 is 0 Å². The number of halogens is 6. The Labute approximate surface area is 103 Å². The first kappa shape index (κ1) is 14.2. The molecular formula is C4H8Cl6Si2. The Morgan fingerprint density at radius 3 is 1.33 bits per heavy atom. The lowest BCUT2D eigenvalue weighted by atomic mass is 10.4. The molecule has 0 amide bonds. The maximum Gasteiger partial charge on any atom is 0.345 e. The highest BCUT2D eigenvalue weighted by atomic mass is 35.8. The van der Waals surface area contributed by atoms with Crippen LogP contribution in [0.2, 0.25) is 5.16 Å². The molecule has 0 saturated carbocycles. The molecule has 0 N–H and O–H groups in total. The third-order valence-corrected chi connectivity index (χ3v) is 14.2. The van der Waals surface area contributed by atoms with Gasteiger partial charge in [0.25, 0.3) is 0 Å². The van der Waals surface area contributed by atoms with Crippen LogP contribution in [0.1, 0.15) is 19.8 Å². The summed E-state index contributed by atoms with van der Waals surface area (Å²) in [5, 5.41) is -0.301. The van der Waals surface area contributed by atoms with E-state index in [9.17, 15) is 0 Å². The fraction of sp³-hybridized carbons (Fsp3) is 1.00. The van der Waals surface area contributed by atoms with Gasteiger partial charge in [-0.2, -0.15) is 0 Å². The van der Waals surface area contributed by atoms with Crippen molar-refractivity contribution in [2.45, 2.75) is 24.9 Å². The second kappa shape index (κ2) is 5.31. The average Bonchev–Trinajstić information content (AvgIpc) is 1.77. The number of hydrogen-bond donors (Lipinski definition) is 0. The molecule has 0 heterocycles. The molecule has 0 aliphatic carbocycles. The van der Waals surface area contributed by atoms with Crippen LogP contribution in [-0.2, 0) is 0 Å². The minimum atomic E-state index is -2.86. The summed E-state index contributed by atoms with van der Waals surface area (Å²) < 4.78 is 0. The summed E-state index contributed by atoms with van der Waals surface area (Å²) in [6.45, 7) is 1.97. The zero-order valence-electron chi connectivity index (χ0n) is 6.26. The summed E-state index contributed by atoms with van der Waals surface area (Å²) in [6, 6.07) is -5.72. The van der Waals surface area contributed by atoms with Crippen LogP contribution < -0.4 is 0 Å². The maximum atomic E-state index is 5.81. The van der Waals surface area contributed by atoms with Crippen LogP contribution in [0, 0.1) is 0 Å². The van der Waals surface area contributed by atoms with Crippen molar-refractivity contribution in [3.63, 3.8) is 0 Å². The minimum absolute atomic E-state index is 0.301. The first-order chi connectivity index (χ1) is 5.19. The molecule has 0 aromatic heterocycles. The smallest absolute Gasteiger partial charge is 0.126 e. The van der Waals surface area contributed by atoms with Gasteiger partial charge in [0.15, 0.2) is 0 Å². The van der Waals surface area contributed by atoms with Crippen molar-refractivity contribution >= 4 is 78.5 Å². The van der Waals surface area contributed by atoms with Gasteiger partial charge in [0, 0.05) is 5.16 Å². The van der Waals surface area contributed by atoms with Crippen molar-refractivity contribution in [3.8, 4) is 0 Å². The van der Waals surface area contributed by atoms with Gasteiger partial charge in [-0.15, -0.1) is 66.5 Å². The normalized spacial score (nSPS) is 14.0. The van der Waals surface area contributed by atoms with Gasteiger partial charge in [-0.1, -0.05) is 13.3 Å². The second-order valence-corrected chi connectivity index (χ2v) is 20.8. The van der Waals surface area contributed by atoms with Gasteiger partial charge in [-0.3, -0.25) is 0 Å². The Morgan fingerprint density at radius 2 is 1.25 bits per heavy atom. The van der Waals surface area contributed by atoms with E-state index >= 15 is 0 Å². The number of rotatable bonds is 4. The van der Waals surface area contributed by atoms with Crippen molar-refractivity contribution in [2.75, 3.05) is 0 Å². The summed E-state index contributed by atoms with van der Waals surface area (Å²) in [4.78, 5) is 0. The highest BCUT2D eigenvalue weighted by Crippen LogP contribution is 2.48. The van der Waals surface area contributed by atoms with E-state index in [0.717, 1.165) is 6.42 Å². The molecule has 0 aromatic carbocycles. The van der Waals surface area contributed by atoms with Crippen LogP contribution in [-0.4, -0.2) is 12.0 Å². The molecule has 0 aromatic rings. The fourth-order valence-corrected chi connectivity index (χ4v) is 18.8. The third-order valence-electron chi connectivity index (χ3n) is 1.37. The van der Waals surface area contributed by atoms with Crippen LogP contribution in [0.4, 0.5) is 0 Å². The second-order valence-electron chi connectivity index (χ2n) is 2.42. The molecule has 12 heavy (non-hydrogen) atoms. The zero-order valence-corrected chi connectivity index (χ0v) is 12.8. The molecule has 0 unspecified atom stereocenters. The predicted molar refractivity (Wildman–Crippen MR) is 65.3 cm³/mol. The zero-order chi connectivity index (χ0) is 9.99. The number of hydrogen-bond acceptors (Lipinski definition) is 0. The molecule has 0 rings (SSSR count). The molecule has 8 heteroatoms. The maximum absolute atomic E-state index is 5.81. The average molecular weight is 325 g/mol. The molecule has 0 radical (unpaired) electrons. The lowest BCUT2D eigenvalue weighted by Crippen LogP contribution is -2.34. The van der Waals surface area contributed by atoms with Gasteiger partial charge in [-0.05, 0) is 6.42 Å². The minimum Gasteiger partial charge on any atom is -0.126 e. The Hall–Kier alpha value is 2.17. The van der Waals surface area contributed by atoms with Gasteiger partial charge in [0.1, 0.15) is 0 Å². The Balaban J connectivity index is 4.45. The largest absolute Gasteiger partial charge is 0.345 e. The van der Waals surface area contributed by atoms with E-state index < -0.39 is 12.0 Å². The molecule has 0 atom stereocenters. The van der Waals surface area contributed by atoms with Crippen LogP contribution in [0.25, 0.3) is 0 Å². The van der Waals surface area contributed by atoms with Gasteiger partial charge >= 0.3 is 12.0 Å². The first-order valence-electron chi connectivity index (χ1n) is 3.33. The SMILES string of the molecule is CCCC([Si](Cl)(Cl)Cl)[Si](Cl)(Cl)Cl. The van der Waals surface area contributed by atoms with Crippen molar-refractivity contribution < 1.29 is 0 Å². The van der Waals surface area contributed by atoms with Crippen LogP contribution in [0.5, 0.6) is 0 Å². The van der Waals surface area contributed by atoms with Gasteiger partial charge in [0.2, 0.25) is 0 Å². The lowest BCUT2D eigenvalue weighted by Gasteiger charge is -2.26. The lowest BCUT2D eigenvalue weighted by molar-refractivity contribution is 0.841. The van der Waals surface area contributed by atoms with Crippen LogP contribution in [0.3, 0.4) is 0 Å². The summed E-state index contributed by atoms with van der Waals surface area (Å²) in [6.07, 6.45) is 1.55. The monoisotopic (exact) mass is 322 g/mol. The van der Waals surface area contributed by atoms with E-state index in [4.69, 9.17) is 66.5 Å².